The topological polar surface area (TPSA) is 156 Å². The monoisotopic (exact) mass is 566 g/mol. The Balaban J connectivity index is 1.63. The van der Waals surface area contributed by atoms with E-state index in [0.29, 0.717) is 11.3 Å². The largest absolute Gasteiger partial charge is 0.497 e. The fourth-order valence-corrected chi connectivity index (χ4v) is 4.79. The molecule has 0 radical (unpaired) electrons. The molecule has 0 aromatic heterocycles. The predicted molar refractivity (Wildman–Crippen MR) is 136 cm³/mol. The van der Waals surface area contributed by atoms with Gasteiger partial charge in [-0.3, -0.25) is 4.55 Å². The third kappa shape index (κ3) is 7.47. The molecule has 0 amide bonds. The van der Waals surface area contributed by atoms with Crippen LogP contribution in [0.25, 0.3) is 6.08 Å². The van der Waals surface area contributed by atoms with E-state index in [1.165, 1.54) is 12.1 Å². The second-order valence-corrected chi connectivity index (χ2v) is 10.4. The van der Waals surface area contributed by atoms with E-state index in [4.69, 9.17) is 37.7 Å². The third-order valence-electron chi connectivity index (χ3n) is 5.98. The van der Waals surface area contributed by atoms with Crippen molar-refractivity contribution in [2.75, 3.05) is 7.11 Å². The van der Waals surface area contributed by atoms with Crippen LogP contribution in [0.15, 0.2) is 48.5 Å². The van der Waals surface area contributed by atoms with Gasteiger partial charge in [0.15, 0.2) is 23.4 Å². The van der Waals surface area contributed by atoms with Gasteiger partial charge in [-0.1, -0.05) is 18.2 Å². The van der Waals surface area contributed by atoms with E-state index in [2.05, 4.69) is 0 Å². The maximum Gasteiger partial charge on any atom is 0.397 e. The van der Waals surface area contributed by atoms with Gasteiger partial charge in [0.05, 0.1) is 13.2 Å². The normalized spacial score (nSPS) is 26.2. The van der Waals surface area contributed by atoms with Gasteiger partial charge in [-0.25, -0.2) is 8.98 Å². The number of rotatable bonds is 10. The minimum atomic E-state index is -4.93. The van der Waals surface area contributed by atoms with Gasteiger partial charge in [-0.05, 0) is 62.2 Å². The number of hydrogen-bond donors (Lipinski definition) is 2. The fraction of sp³-hybridized carbons (Fsp3) is 0.423. The Morgan fingerprint density at radius 1 is 1.08 bits per heavy atom. The number of carboxylic acids is 1. The maximum atomic E-state index is 11.7. The van der Waals surface area contributed by atoms with Gasteiger partial charge in [-0.2, -0.15) is 8.42 Å². The molecule has 0 spiro atoms. The molecule has 212 valence electrons. The smallest absolute Gasteiger partial charge is 0.397 e. The van der Waals surface area contributed by atoms with Gasteiger partial charge in [0.25, 0.3) is 0 Å². The maximum absolute atomic E-state index is 11.7. The zero-order chi connectivity index (χ0) is 28.4. The van der Waals surface area contributed by atoms with Crippen molar-refractivity contribution in [2.45, 2.75) is 63.9 Å². The number of carboxylic acid groups (broad SMARTS) is 1. The molecule has 2 saturated heterocycles. The summed E-state index contributed by atoms with van der Waals surface area (Å²) in [6.45, 7) is 5.15. The number of aliphatic carboxylic acids is 1. The van der Waals surface area contributed by atoms with Crippen LogP contribution in [0, 0.1) is 0 Å². The Bertz CT molecular complexity index is 1300. The highest BCUT2D eigenvalue weighted by Gasteiger charge is 2.56. The van der Waals surface area contributed by atoms with Crippen molar-refractivity contribution in [3.63, 3.8) is 0 Å². The minimum Gasteiger partial charge on any atom is -0.497 e. The summed E-state index contributed by atoms with van der Waals surface area (Å²) in [6, 6.07) is 11.8. The summed E-state index contributed by atoms with van der Waals surface area (Å²) in [7, 11) is -3.37. The molecule has 2 fully saturated rings. The first-order chi connectivity index (χ1) is 18.3. The third-order valence-corrected chi connectivity index (χ3v) is 6.45. The SMILES string of the molecule is COc1ccc(COc2cc(/C=C/C(=O)O)ccc2O[C@H]2O[C@@H](C)[C@H]3OC(C)(C)O[C@H]3[C@@H]2OS(=O)(=O)O)cc1. The second-order valence-electron chi connectivity index (χ2n) is 9.40. The van der Waals surface area contributed by atoms with Gasteiger partial charge < -0.3 is 33.5 Å². The summed E-state index contributed by atoms with van der Waals surface area (Å²) in [4.78, 5) is 11.0. The first-order valence-electron chi connectivity index (χ1n) is 12.0. The van der Waals surface area contributed by atoms with Crippen LogP contribution in [-0.4, -0.2) is 67.6 Å². The molecular weight excluding hydrogens is 536 g/mol. The van der Waals surface area contributed by atoms with Crippen molar-refractivity contribution >= 4 is 22.4 Å². The van der Waals surface area contributed by atoms with E-state index in [-0.39, 0.29) is 18.1 Å². The van der Waals surface area contributed by atoms with Gasteiger partial charge >= 0.3 is 16.4 Å². The molecule has 0 saturated carbocycles. The first kappa shape index (κ1) is 28.8. The zero-order valence-electron chi connectivity index (χ0n) is 21.7. The molecule has 2 aromatic rings. The lowest BCUT2D eigenvalue weighted by Crippen LogP contribution is -2.58. The lowest BCUT2D eigenvalue weighted by atomic mass is 10.00. The molecule has 39 heavy (non-hydrogen) atoms. The number of ether oxygens (including phenoxy) is 6. The van der Waals surface area contributed by atoms with Crippen LogP contribution in [0.1, 0.15) is 31.9 Å². The first-order valence-corrected chi connectivity index (χ1v) is 13.3. The molecule has 0 aliphatic carbocycles. The molecule has 4 rings (SSSR count). The average Bonchev–Trinajstić information content (AvgIpc) is 3.20. The number of carbonyl (C=O) groups is 1. The summed E-state index contributed by atoms with van der Waals surface area (Å²) in [6.07, 6.45) is -2.66. The van der Waals surface area contributed by atoms with Crippen LogP contribution in [0.2, 0.25) is 0 Å². The Kier molecular flexibility index (Phi) is 8.49. The molecule has 13 heteroatoms. The molecule has 0 bridgehead atoms. The molecular formula is C26H30O12S. The lowest BCUT2D eigenvalue weighted by molar-refractivity contribution is -0.237. The highest BCUT2D eigenvalue weighted by Crippen LogP contribution is 2.41. The van der Waals surface area contributed by atoms with Gasteiger partial charge in [0.1, 0.15) is 24.6 Å². The Morgan fingerprint density at radius 3 is 2.41 bits per heavy atom. The number of benzene rings is 2. The summed E-state index contributed by atoms with van der Waals surface area (Å²) in [5, 5.41) is 8.99. The molecule has 5 atom stereocenters. The van der Waals surface area contributed by atoms with Crippen LogP contribution in [0.5, 0.6) is 17.2 Å². The van der Waals surface area contributed by atoms with Crippen LogP contribution < -0.4 is 14.2 Å². The van der Waals surface area contributed by atoms with E-state index in [1.54, 1.807) is 52.1 Å². The summed E-state index contributed by atoms with van der Waals surface area (Å²) < 4.78 is 72.7. The highest BCUT2D eigenvalue weighted by molar-refractivity contribution is 7.80. The van der Waals surface area contributed by atoms with Crippen molar-refractivity contribution in [3.05, 3.63) is 59.7 Å². The van der Waals surface area contributed by atoms with Crippen molar-refractivity contribution < 1.29 is 55.5 Å². The molecule has 0 unspecified atom stereocenters. The van der Waals surface area contributed by atoms with Crippen molar-refractivity contribution in [3.8, 4) is 17.2 Å². The van der Waals surface area contributed by atoms with Crippen LogP contribution in [0.3, 0.4) is 0 Å². The number of hydrogen-bond acceptors (Lipinski definition) is 10. The van der Waals surface area contributed by atoms with Crippen molar-refractivity contribution in [1.82, 2.24) is 0 Å². The van der Waals surface area contributed by atoms with E-state index >= 15 is 0 Å². The van der Waals surface area contributed by atoms with Crippen molar-refractivity contribution in [2.24, 2.45) is 0 Å². The van der Waals surface area contributed by atoms with Crippen LogP contribution in [-0.2, 0) is 40.2 Å². The molecule has 2 N–H and O–H groups in total. The Labute approximate surface area is 225 Å². The molecule has 12 nitrogen and oxygen atoms in total. The molecule has 2 aliphatic rings. The number of methoxy groups -OCH3 is 1. The highest BCUT2D eigenvalue weighted by atomic mass is 32.3. The van der Waals surface area contributed by atoms with Gasteiger partial charge in [-0.15, -0.1) is 0 Å². The van der Waals surface area contributed by atoms with Gasteiger partial charge in [0.2, 0.25) is 6.29 Å². The van der Waals surface area contributed by atoms with E-state index in [9.17, 15) is 17.8 Å². The fourth-order valence-electron chi connectivity index (χ4n) is 4.30. The van der Waals surface area contributed by atoms with E-state index in [1.807, 2.05) is 12.1 Å². The zero-order valence-corrected chi connectivity index (χ0v) is 22.5. The lowest BCUT2D eigenvalue weighted by Gasteiger charge is -2.39. The molecule has 2 heterocycles. The van der Waals surface area contributed by atoms with Crippen LogP contribution >= 0.6 is 0 Å². The number of fused-ring (bicyclic) bond motifs is 1. The van der Waals surface area contributed by atoms with E-state index in [0.717, 1.165) is 11.6 Å². The summed E-state index contributed by atoms with van der Waals surface area (Å²) in [5.74, 6) is -1.15. The van der Waals surface area contributed by atoms with Gasteiger partial charge in [0, 0.05) is 6.08 Å². The van der Waals surface area contributed by atoms with Crippen molar-refractivity contribution in [1.29, 1.82) is 0 Å². The summed E-state index contributed by atoms with van der Waals surface area (Å²) >= 11 is 0. The Morgan fingerprint density at radius 2 is 1.77 bits per heavy atom. The molecule has 2 aromatic carbocycles. The van der Waals surface area contributed by atoms with E-state index < -0.39 is 52.9 Å². The molecule has 2 aliphatic heterocycles. The predicted octanol–water partition coefficient (Wildman–Crippen LogP) is 3.20. The second kappa shape index (κ2) is 11.5. The quantitative estimate of drug-likeness (QED) is 0.320. The summed E-state index contributed by atoms with van der Waals surface area (Å²) in [5.41, 5.74) is 1.32. The Hall–Kier alpha value is -3.20. The van der Waals surface area contributed by atoms with Crippen LogP contribution in [0.4, 0.5) is 0 Å². The standard InChI is InChI=1S/C26H30O12S/c1-15-22-23(37-26(2,3)36-22)24(38-39(29,30)31)25(34-15)35-19-11-7-16(8-12-21(27)28)13-20(19)33-14-17-5-9-18(32-4)10-6-17/h5-13,15,22-25H,14H2,1-4H3,(H,27,28)(H,29,30,31)/b12-8+/t15-,22+,23+,24-,25+/m0/s1. The average molecular weight is 567 g/mol. The minimum absolute atomic E-state index is 0.120.